The molecule has 1 atom stereocenters. The van der Waals surface area contributed by atoms with E-state index in [-0.39, 0.29) is 28.9 Å². The zero-order valence-corrected chi connectivity index (χ0v) is 11.0. The van der Waals surface area contributed by atoms with E-state index in [4.69, 9.17) is 10.5 Å². The predicted octanol–water partition coefficient (Wildman–Crippen LogP) is 1.48. The van der Waals surface area contributed by atoms with Crippen LogP contribution < -0.4 is 11.1 Å². The molecule has 7 nitrogen and oxygen atoms in total. The first kappa shape index (κ1) is 14.3. The summed E-state index contributed by atoms with van der Waals surface area (Å²) in [5.74, 6) is -0.377. The fourth-order valence-electron chi connectivity index (χ4n) is 2.17. The molecular formula is C13H17N3O4. The Labute approximate surface area is 116 Å². The number of nitrogens with one attached hydrogen (secondary N) is 1. The number of hydrogen-bond acceptors (Lipinski definition) is 5. The molecule has 0 aliphatic carbocycles. The summed E-state index contributed by atoms with van der Waals surface area (Å²) >= 11 is 0. The molecule has 1 saturated heterocycles. The number of nitro benzene ring substituents is 1. The zero-order chi connectivity index (χ0) is 14.5. The van der Waals surface area contributed by atoms with E-state index in [0.29, 0.717) is 13.2 Å². The highest BCUT2D eigenvalue weighted by molar-refractivity contribution is 5.99. The van der Waals surface area contributed by atoms with Crippen LogP contribution in [0.5, 0.6) is 0 Å². The van der Waals surface area contributed by atoms with E-state index in [0.717, 1.165) is 19.3 Å². The Bertz CT molecular complexity index is 510. The molecule has 108 valence electrons. The van der Waals surface area contributed by atoms with Crippen molar-refractivity contribution in [2.24, 2.45) is 0 Å². The smallest absolute Gasteiger partial charge is 0.270 e. The van der Waals surface area contributed by atoms with Gasteiger partial charge in [0.05, 0.1) is 10.5 Å². The average Bonchev–Trinajstić information content (AvgIpc) is 2.67. The molecule has 0 spiro atoms. The van der Waals surface area contributed by atoms with Crippen LogP contribution in [0.15, 0.2) is 18.2 Å². The van der Waals surface area contributed by atoms with Crippen LogP contribution in [-0.4, -0.2) is 30.1 Å². The third-order valence-electron chi connectivity index (χ3n) is 3.28. The number of amides is 1. The van der Waals surface area contributed by atoms with Crippen LogP contribution in [-0.2, 0) is 4.74 Å². The van der Waals surface area contributed by atoms with Gasteiger partial charge in [-0.05, 0) is 25.3 Å². The largest absolute Gasteiger partial charge is 0.398 e. The maximum atomic E-state index is 12.2. The van der Waals surface area contributed by atoms with Gasteiger partial charge in [0, 0.05) is 37.1 Å². The molecule has 3 N–H and O–H groups in total. The van der Waals surface area contributed by atoms with Crippen LogP contribution in [0.2, 0.25) is 0 Å². The average molecular weight is 279 g/mol. The van der Waals surface area contributed by atoms with Crippen molar-refractivity contribution in [3.05, 3.63) is 33.9 Å². The first-order valence-corrected chi connectivity index (χ1v) is 6.50. The van der Waals surface area contributed by atoms with Gasteiger partial charge < -0.3 is 15.8 Å². The Kier molecular flexibility index (Phi) is 4.52. The molecule has 1 heterocycles. The Hall–Kier alpha value is -2.15. The first-order chi connectivity index (χ1) is 9.58. The summed E-state index contributed by atoms with van der Waals surface area (Å²) in [7, 11) is 0. The summed E-state index contributed by atoms with van der Waals surface area (Å²) in [5, 5.41) is 13.6. The standard InChI is InChI=1S/C13H17N3O4/c14-12-4-3-10(16(18)19)8-11(12)13(17)15-9-2-1-6-20-7-5-9/h3-4,8-9H,1-2,5-7,14H2,(H,15,17). The highest BCUT2D eigenvalue weighted by atomic mass is 16.6. The van der Waals surface area contributed by atoms with Gasteiger partial charge in [0.15, 0.2) is 0 Å². The monoisotopic (exact) mass is 279 g/mol. The lowest BCUT2D eigenvalue weighted by molar-refractivity contribution is -0.384. The van der Waals surface area contributed by atoms with E-state index < -0.39 is 4.92 Å². The van der Waals surface area contributed by atoms with Crippen LogP contribution in [0.1, 0.15) is 29.6 Å². The molecule has 1 aliphatic rings. The topological polar surface area (TPSA) is 107 Å². The number of nitrogens with zero attached hydrogens (tertiary/aromatic N) is 1. The van der Waals surface area contributed by atoms with Crippen LogP contribution in [0.3, 0.4) is 0 Å². The lowest BCUT2D eigenvalue weighted by Crippen LogP contribution is -2.35. The molecule has 1 aliphatic heterocycles. The van der Waals surface area contributed by atoms with Gasteiger partial charge in [0.2, 0.25) is 0 Å². The molecule has 0 saturated carbocycles. The van der Waals surface area contributed by atoms with Crippen molar-refractivity contribution in [2.45, 2.75) is 25.3 Å². The molecule has 0 radical (unpaired) electrons. The number of nitrogen functional groups attached to an aromatic ring is 1. The molecule has 0 bridgehead atoms. The van der Waals surface area contributed by atoms with Gasteiger partial charge in [-0.2, -0.15) is 0 Å². The van der Waals surface area contributed by atoms with Crippen molar-refractivity contribution in [1.82, 2.24) is 5.32 Å². The van der Waals surface area contributed by atoms with Gasteiger partial charge in [-0.25, -0.2) is 0 Å². The second kappa shape index (κ2) is 6.33. The van der Waals surface area contributed by atoms with Crippen molar-refractivity contribution in [3.63, 3.8) is 0 Å². The van der Waals surface area contributed by atoms with Gasteiger partial charge in [0.1, 0.15) is 0 Å². The van der Waals surface area contributed by atoms with Gasteiger partial charge in [-0.3, -0.25) is 14.9 Å². The normalized spacial score (nSPS) is 19.1. The molecule has 2 rings (SSSR count). The van der Waals surface area contributed by atoms with E-state index in [1.54, 1.807) is 0 Å². The molecular weight excluding hydrogens is 262 g/mol. The van der Waals surface area contributed by atoms with Crippen LogP contribution in [0, 0.1) is 10.1 Å². The third-order valence-corrected chi connectivity index (χ3v) is 3.28. The number of anilines is 1. The number of benzene rings is 1. The Morgan fingerprint density at radius 2 is 2.20 bits per heavy atom. The highest BCUT2D eigenvalue weighted by Crippen LogP contribution is 2.20. The number of non-ortho nitro benzene ring substituents is 1. The summed E-state index contributed by atoms with van der Waals surface area (Å²) in [4.78, 5) is 22.4. The number of carbonyl (C=O) groups is 1. The number of nitrogens with two attached hydrogens (primary N) is 1. The van der Waals surface area contributed by atoms with Gasteiger partial charge in [0.25, 0.3) is 11.6 Å². The maximum Gasteiger partial charge on any atom is 0.270 e. The van der Waals surface area contributed by atoms with Crippen molar-refractivity contribution in [3.8, 4) is 0 Å². The van der Waals surface area contributed by atoms with Crippen LogP contribution >= 0.6 is 0 Å². The van der Waals surface area contributed by atoms with Crippen LogP contribution in [0.4, 0.5) is 11.4 Å². The fraction of sp³-hybridized carbons (Fsp3) is 0.462. The maximum absolute atomic E-state index is 12.2. The minimum absolute atomic E-state index is 0.0173. The highest BCUT2D eigenvalue weighted by Gasteiger charge is 2.19. The Balaban J connectivity index is 2.11. The third kappa shape index (κ3) is 3.45. The second-order valence-corrected chi connectivity index (χ2v) is 4.74. The molecule has 1 aromatic carbocycles. The number of nitro groups is 1. The molecule has 20 heavy (non-hydrogen) atoms. The number of hydrogen-bond donors (Lipinski definition) is 2. The minimum atomic E-state index is -0.546. The van der Waals surface area contributed by atoms with E-state index in [9.17, 15) is 14.9 Å². The van der Waals surface area contributed by atoms with E-state index in [2.05, 4.69) is 5.32 Å². The van der Waals surface area contributed by atoms with Gasteiger partial charge >= 0.3 is 0 Å². The first-order valence-electron chi connectivity index (χ1n) is 6.50. The van der Waals surface area contributed by atoms with E-state index in [1.807, 2.05) is 0 Å². The number of rotatable bonds is 3. The second-order valence-electron chi connectivity index (χ2n) is 4.74. The van der Waals surface area contributed by atoms with Crippen molar-refractivity contribution in [1.29, 1.82) is 0 Å². The zero-order valence-electron chi connectivity index (χ0n) is 11.0. The fourth-order valence-corrected chi connectivity index (χ4v) is 2.17. The lowest BCUT2D eigenvalue weighted by Gasteiger charge is -2.16. The van der Waals surface area contributed by atoms with E-state index >= 15 is 0 Å². The molecule has 1 unspecified atom stereocenters. The summed E-state index contributed by atoms with van der Waals surface area (Å²) < 4.78 is 5.32. The van der Waals surface area contributed by atoms with Crippen molar-refractivity contribution < 1.29 is 14.5 Å². The molecule has 1 amide bonds. The molecule has 7 heteroatoms. The molecule has 1 aromatic rings. The summed E-state index contributed by atoms with van der Waals surface area (Å²) in [6.45, 7) is 1.31. The van der Waals surface area contributed by atoms with E-state index in [1.165, 1.54) is 18.2 Å². The van der Waals surface area contributed by atoms with Crippen molar-refractivity contribution in [2.75, 3.05) is 18.9 Å². The quantitative estimate of drug-likeness (QED) is 0.495. The Morgan fingerprint density at radius 1 is 1.40 bits per heavy atom. The van der Waals surface area contributed by atoms with Crippen LogP contribution in [0.25, 0.3) is 0 Å². The summed E-state index contributed by atoms with van der Waals surface area (Å²) in [6.07, 6.45) is 2.45. The van der Waals surface area contributed by atoms with Crippen molar-refractivity contribution >= 4 is 17.3 Å². The molecule has 0 aromatic heterocycles. The summed E-state index contributed by atoms with van der Waals surface area (Å²) in [5.41, 5.74) is 5.95. The van der Waals surface area contributed by atoms with Gasteiger partial charge in [-0.15, -0.1) is 0 Å². The Morgan fingerprint density at radius 3 is 2.95 bits per heavy atom. The number of carbonyl (C=O) groups excluding carboxylic acids is 1. The predicted molar refractivity (Wildman–Crippen MR) is 73.4 cm³/mol. The lowest BCUT2D eigenvalue weighted by atomic mass is 10.1. The molecule has 1 fully saturated rings. The SMILES string of the molecule is Nc1ccc([N+](=O)[O-])cc1C(=O)NC1CCCOCC1. The minimum Gasteiger partial charge on any atom is -0.398 e. The summed E-state index contributed by atoms with van der Waals surface area (Å²) in [6, 6.07) is 3.89. The number of ether oxygens (including phenoxy) is 1. The van der Waals surface area contributed by atoms with Gasteiger partial charge in [-0.1, -0.05) is 0 Å².